The van der Waals surface area contributed by atoms with E-state index in [0.29, 0.717) is 25.3 Å². The predicted molar refractivity (Wildman–Crippen MR) is 98.0 cm³/mol. The van der Waals surface area contributed by atoms with Crippen LogP contribution in [0.1, 0.15) is 25.3 Å². The van der Waals surface area contributed by atoms with Crippen molar-refractivity contribution in [2.75, 3.05) is 18.8 Å². The highest BCUT2D eigenvalue weighted by Gasteiger charge is 2.31. The molecule has 6 nitrogen and oxygen atoms in total. The van der Waals surface area contributed by atoms with Gasteiger partial charge in [-0.3, -0.25) is 14.4 Å². The summed E-state index contributed by atoms with van der Waals surface area (Å²) in [6.45, 7) is 4.34. The van der Waals surface area contributed by atoms with Crippen LogP contribution < -0.4 is 11.1 Å². The normalized spacial score (nSPS) is 18.5. The molecular weight excluding hydrogens is 338 g/mol. The molecule has 0 radical (unpaired) electrons. The number of aryl methyl sites for hydroxylation is 1. The van der Waals surface area contributed by atoms with Crippen molar-refractivity contribution in [1.29, 1.82) is 0 Å². The van der Waals surface area contributed by atoms with Gasteiger partial charge in [-0.05, 0) is 31.9 Å². The van der Waals surface area contributed by atoms with E-state index in [1.165, 1.54) is 24.2 Å². The van der Waals surface area contributed by atoms with Crippen LogP contribution in [0.4, 0.5) is 0 Å². The first-order valence-electron chi connectivity index (χ1n) is 8.41. The first-order valence-corrected chi connectivity index (χ1v) is 9.40. The smallest absolute Gasteiger partial charge is 0.246 e. The van der Waals surface area contributed by atoms with Crippen LogP contribution in [-0.4, -0.2) is 47.5 Å². The van der Waals surface area contributed by atoms with Gasteiger partial charge in [0.05, 0.1) is 5.92 Å². The number of nitrogens with zero attached hydrogens (tertiary/aromatic N) is 1. The molecule has 0 saturated carbocycles. The molecule has 0 aliphatic carbocycles. The molecular formula is C18H25N3O3S. The Kier molecular flexibility index (Phi) is 6.87. The van der Waals surface area contributed by atoms with E-state index in [-0.39, 0.29) is 23.6 Å². The summed E-state index contributed by atoms with van der Waals surface area (Å²) in [4.78, 5) is 38.4. The number of piperidine rings is 1. The van der Waals surface area contributed by atoms with E-state index in [0.717, 1.165) is 11.3 Å². The van der Waals surface area contributed by atoms with E-state index in [2.05, 4.69) is 5.32 Å². The fraction of sp³-hybridized carbons (Fsp3) is 0.500. The maximum absolute atomic E-state index is 12.8. The molecule has 0 bridgehead atoms. The highest BCUT2D eigenvalue weighted by molar-refractivity contribution is 7.99. The van der Waals surface area contributed by atoms with Gasteiger partial charge in [0.25, 0.3) is 0 Å². The van der Waals surface area contributed by atoms with Gasteiger partial charge in [-0.2, -0.15) is 0 Å². The molecule has 1 aliphatic rings. The molecule has 136 valence electrons. The molecule has 1 heterocycles. The van der Waals surface area contributed by atoms with Crippen LogP contribution in [0.5, 0.6) is 0 Å². The van der Waals surface area contributed by atoms with Crippen molar-refractivity contribution in [3.8, 4) is 0 Å². The zero-order valence-corrected chi connectivity index (χ0v) is 15.5. The van der Waals surface area contributed by atoms with Crippen LogP contribution >= 0.6 is 11.8 Å². The lowest BCUT2D eigenvalue weighted by Gasteiger charge is -2.33. The third-order valence-corrected chi connectivity index (χ3v) is 5.35. The molecule has 2 rings (SSSR count). The second-order valence-corrected chi connectivity index (χ2v) is 7.50. The molecule has 3 N–H and O–H groups in total. The van der Waals surface area contributed by atoms with Gasteiger partial charge >= 0.3 is 0 Å². The Labute approximate surface area is 152 Å². The SMILES string of the molecule is CC(=O)NC(CSc1ccc(C)cc1)C(=O)N1CCCC(C(N)=O)C1. The second-order valence-electron chi connectivity index (χ2n) is 6.40. The lowest BCUT2D eigenvalue weighted by Crippen LogP contribution is -2.53. The summed E-state index contributed by atoms with van der Waals surface area (Å²) < 4.78 is 0. The summed E-state index contributed by atoms with van der Waals surface area (Å²) in [5.74, 6) is -0.630. The number of thioether (sulfide) groups is 1. The minimum absolute atomic E-state index is 0.152. The Morgan fingerprint density at radius 2 is 2.00 bits per heavy atom. The Hall–Kier alpha value is -2.02. The largest absolute Gasteiger partial charge is 0.369 e. The number of nitrogens with two attached hydrogens (primary N) is 1. The number of likely N-dealkylation sites (tertiary alicyclic amines) is 1. The summed E-state index contributed by atoms with van der Waals surface area (Å²) in [6, 6.07) is 7.41. The van der Waals surface area contributed by atoms with E-state index in [9.17, 15) is 14.4 Å². The van der Waals surface area contributed by atoms with Gasteiger partial charge in [0.15, 0.2) is 0 Å². The quantitative estimate of drug-likeness (QED) is 0.746. The van der Waals surface area contributed by atoms with Gasteiger partial charge in [0, 0.05) is 30.7 Å². The lowest BCUT2D eigenvalue weighted by molar-refractivity contribution is -0.138. The summed E-state index contributed by atoms with van der Waals surface area (Å²) >= 11 is 1.52. The standard InChI is InChI=1S/C18H25N3O3S/c1-12-5-7-15(8-6-12)25-11-16(20-13(2)22)18(24)21-9-3-4-14(10-21)17(19)23/h5-8,14,16H,3-4,9-11H2,1-2H3,(H2,19,23)(H,20,22). The van der Waals surface area contributed by atoms with Crippen LogP contribution in [0, 0.1) is 12.8 Å². The number of amides is 3. The van der Waals surface area contributed by atoms with Crippen molar-refractivity contribution in [2.45, 2.75) is 37.6 Å². The fourth-order valence-electron chi connectivity index (χ4n) is 2.86. The molecule has 7 heteroatoms. The lowest BCUT2D eigenvalue weighted by atomic mass is 9.97. The number of primary amides is 1. The number of hydrogen-bond donors (Lipinski definition) is 2. The summed E-state index contributed by atoms with van der Waals surface area (Å²) in [6.07, 6.45) is 1.46. The van der Waals surface area contributed by atoms with Gasteiger partial charge in [0.1, 0.15) is 6.04 Å². The van der Waals surface area contributed by atoms with Crippen LogP contribution in [0.3, 0.4) is 0 Å². The zero-order valence-electron chi connectivity index (χ0n) is 14.7. The molecule has 1 saturated heterocycles. The number of carbonyl (C=O) groups excluding carboxylic acids is 3. The Bertz CT molecular complexity index is 633. The summed E-state index contributed by atoms with van der Waals surface area (Å²) in [7, 11) is 0. The molecule has 25 heavy (non-hydrogen) atoms. The molecule has 2 atom stereocenters. The molecule has 3 amide bonds. The van der Waals surface area contributed by atoms with Gasteiger partial charge < -0.3 is 16.0 Å². The number of nitrogens with one attached hydrogen (secondary N) is 1. The first kappa shape index (κ1) is 19.3. The average molecular weight is 363 g/mol. The molecule has 1 aromatic rings. The van der Waals surface area contributed by atoms with Gasteiger partial charge in [-0.15, -0.1) is 11.8 Å². The predicted octanol–water partition coefficient (Wildman–Crippen LogP) is 1.32. The summed E-state index contributed by atoms with van der Waals surface area (Å²) in [5, 5.41) is 2.74. The first-order chi connectivity index (χ1) is 11.9. The molecule has 2 unspecified atom stereocenters. The number of benzene rings is 1. The average Bonchev–Trinajstić information content (AvgIpc) is 2.59. The van der Waals surface area contributed by atoms with E-state index in [4.69, 9.17) is 5.73 Å². The third kappa shape index (κ3) is 5.77. The fourth-order valence-corrected chi connectivity index (χ4v) is 3.78. The third-order valence-electron chi connectivity index (χ3n) is 4.25. The van der Waals surface area contributed by atoms with Crippen molar-refractivity contribution >= 4 is 29.5 Å². The molecule has 0 aromatic heterocycles. The van der Waals surface area contributed by atoms with Gasteiger partial charge in [0.2, 0.25) is 17.7 Å². The Balaban J connectivity index is 2.02. The van der Waals surface area contributed by atoms with E-state index >= 15 is 0 Å². The number of hydrogen-bond acceptors (Lipinski definition) is 4. The Morgan fingerprint density at radius 3 is 2.60 bits per heavy atom. The number of rotatable bonds is 6. The highest BCUT2D eigenvalue weighted by atomic mass is 32.2. The van der Waals surface area contributed by atoms with Crippen LogP contribution in [0.15, 0.2) is 29.2 Å². The highest BCUT2D eigenvalue weighted by Crippen LogP contribution is 2.21. The van der Waals surface area contributed by atoms with Crippen molar-refractivity contribution in [1.82, 2.24) is 10.2 Å². The molecule has 1 aromatic carbocycles. The van der Waals surface area contributed by atoms with Crippen LogP contribution in [0.2, 0.25) is 0 Å². The monoisotopic (exact) mass is 363 g/mol. The maximum atomic E-state index is 12.8. The Morgan fingerprint density at radius 1 is 1.32 bits per heavy atom. The zero-order chi connectivity index (χ0) is 18.4. The van der Waals surface area contributed by atoms with Crippen molar-refractivity contribution in [3.63, 3.8) is 0 Å². The topological polar surface area (TPSA) is 92.5 Å². The van der Waals surface area contributed by atoms with Crippen molar-refractivity contribution in [2.24, 2.45) is 11.7 Å². The van der Waals surface area contributed by atoms with Gasteiger partial charge in [-0.25, -0.2) is 0 Å². The van der Waals surface area contributed by atoms with E-state index < -0.39 is 6.04 Å². The number of carbonyl (C=O) groups is 3. The van der Waals surface area contributed by atoms with E-state index in [1.54, 1.807) is 4.90 Å². The van der Waals surface area contributed by atoms with Crippen molar-refractivity contribution in [3.05, 3.63) is 29.8 Å². The minimum Gasteiger partial charge on any atom is -0.369 e. The van der Waals surface area contributed by atoms with Gasteiger partial charge in [-0.1, -0.05) is 17.7 Å². The molecule has 0 spiro atoms. The van der Waals surface area contributed by atoms with Crippen LogP contribution in [0.25, 0.3) is 0 Å². The maximum Gasteiger partial charge on any atom is 0.246 e. The van der Waals surface area contributed by atoms with Crippen LogP contribution in [-0.2, 0) is 14.4 Å². The minimum atomic E-state index is -0.615. The second kappa shape index (κ2) is 8.89. The van der Waals surface area contributed by atoms with E-state index in [1.807, 2.05) is 31.2 Å². The molecule has 1 fully saturated rings. The molecule has 1 aliphatic heterocycles. The van der Waals surface area contributed by atoms with Crippen molar-refractivity contribution < 1.29 is 14.4 Å². The summed E-state index contributed by atoms with van der Waals surface area (Å²) in [5.41, 5.74) is 6.55.